The molecule has 0 fully saturated rings. The summed E-state index contributed by atoms with van der Waals surface area (Å²) in [6, 6.07) is 0. The van der Waals surface area contributed by atoms with Gasteiger partial charge in [-0.05, 0) is 25.7 Å². The Kier molecular flexibility index (Phi) is 43.8. The van der Waals surface area contributed by atoms with Crippen molar-refractivity contribution in [3.63, 3.8) is 0 Å². The monoisotopic (exact) mass is 602 g/mol. The van der Waals surface area contributed by atoms with Gasteiger partial charge >= 0.3 is 19.5 Å². The predicted octanol–water partition coefficient (Wildman–Crippen LogP) is 9.21. The molecule has 0 aliphatic rings. The van der Waals surface area contributed by atoms with E-state index >= 15 is 0 Å². The van der Waals surface area contributed by atoms with Crippen molar-refractivity contribution in [1.29, 1.82) is 0 Å². The van der Waals surface area contributed by atoms with Crippen LogP contribution in [0.4, 0.5) is 0 Å². The molecule has 4 nitrogen and oxygen atoms in total. The second-order valence-corrected chi connectivity index (χ2v) is 11.4. The van der Waals surface area contributed by atoms with Crippen LogP contribution in [0.25, 0.3) is 0 Å². The number of carbonyl (C=O) groups is 2. The Labute approximate surface area is 257 Å². The van der Waals surface area contributed by atoms with E-state index in [-0.39, 0.29) is 32.3 Å². The fourth-order valence-corrected chi connectivity index (χ4v) is 4.93. The van der Waals surface area contributed by atoms with Crippen LogP contribution in [0.2, 0.25) is 0 Å². The molecule has 0 aromatic rings. The summed E-state index contributed by atoms with van der Waals surface area (Å²) in [5, 5.41) is 20.4. The quantitative estimate of drug-likeness (QED) is 0.0605. The van der Waals surface area contributed by atoms with Crippen molar-refractivity contribution >= 4 is 11.9 Å². The fourth-order valence-electron chi connectivity index (χ4n) is 4.93. The van der Waals surface area contributed by atoms with Crippen molar-refractivity contribution in [1.82, 2.24) is 0 Å². The van der Waals surface area contributed by atoms with E-state index in [0.29, 0.717) is 0 Å². The van der Waals surface area contributed by atoms with Crippen molar-refractivity contribution in [2.75, 3.05) is 0 Å². The Bertz CT molecular complexity index is 470. The van der Waals surface area contributed by atoms with E-state index in [1.54, 1.807) is 0 Å². The minimum atomic E-state index is -0.905. The number of carboxylic acid groups (broad SMARTS) is 2. The molecule has 0 saturated carbocycles. The number of carbonyl (C=O) groups excluding carboxylic acids is 2. The Morgan fingerprint density at radius 1 is 0.333 bits per heavy atom. The smallest absolute Gasteiger partial charge is 0.550 e. The molecule has 0 radical (unpaired) electrons. The van der Waals surface area contributed by atoms with Crippen LogP contribution in [0.3, 0.4) is 0 Å². The summed E-state index contributed by atoms with van der Waals surface area (Å²) in [6.07, 6.45) is 36.8. The topological polar surface area (TPSA) is 80.3 Å². The molecular weight excluding hydrogens is 538 g/mol. The van der Waals surface area contributed by atoms with Gasteiger partial charge in [-0.15, -0.1) is 0 Å². The maximum absolute atomic E-state index is 10.2. The van der Waals surface area contributed by atoms with E-state index in [9.17, 15) is 19.8 Å². The molecule has 0 N–H and O–H groups in total. The van der Waals surface area contributed by atoms with Crippen molar-refractivity contribution in [2.45, 2.75) is 206 Å². The summed E-state index contributed by atoms with van der Waals surface area (Å²) in [5.41, 5.74) is 0. The van der Waals surface area contributed by atoms with Crippen molar-refractivity contribution in [3.05, 3.63) is 0 Å². The molecule has 0 aliphatic heterocycles. The van der Waals surface area contributed by atoms with E-state index in [2.05, 4.69) is 13.8 Å². The fraction of sp³-hybridized carbons (Fsp3) is 0.941. The van der Waals surface area contributed by atoms with E-state index in [1.807, 2.05) is 0 Å². The van der Waals surface area contributed by atoms with Gasteiger partial charge < -0.3 is 19.8 Å². The summed E-state index contributed by atoms with van der Waals surface area (Å²) in [7, 11) is 0. The van der Waals surface area contributed by atoms with Crippen LogP contribution in [-0.4, -0.2) is 11.9 Å². The van der Waals surface area contributed by atoms with Gasteiger partial charge in [-0.25, -0.2) is 0 Å². The molecule has 0 saturated heterocycles. The van der Waals surface area contributed by atoms with Crippen LogP contribution >= 0.6 is 0 Å². The zero-order valence-corrected chi connectivity index (χ0v) is 29.5. The predicted molar refractivity (Wildman–Crippen MR) is 160 cm³/mol. The summed E-state index contributed by atoms with van der Waals surface area (Å²) in [6.45, 7) is 4.52. The van der Waals surface area contributed by atoms with E-state index in [1.165, 1.54) is 154 Å². The average Bonchev–Trinajstić information content (AvgIpc) is 2.89. The van der Waals surface area contributed by atoms with Crippen LogP contribution < -0.4 is 10.2 Å². The normalized spacial score (nSPS) is 10.5. The van der Waals surface area contributed by atoms with Gasteiger partial charge in [0.15, 0.2) is 0 Å². The molecule has 0 aromatic carbocycles. The first-order valence-electron chi connectivity index (χ1n) is 16.9. The van der Waals surface area contributed by atoms with Gasteiger partial charge in [-0.2, -0.15) is 0 Å². The van der Waals surface area contributed by atoms with Crippen LogP contribution in [0.15, 0.2) is 0 Å². The number of hydrogen-bond acceptors (Lipinski definition) is 4. The van der Waals surface area contributed by atoms with Gasteiger partial charge in [0, 0.05) is 11.9 Å². The molecule has 0 unspecified atom stereocenters. The number of carboxylic acids is 2. The molecule has 0 heterocycles. The molecule has 5 heteroatoms. The first-order chi connectivity index (χ1) is 18.5. The van der Waals surface area contributed by atoms with Crippen LogP contribution in [0, 0.1) is 0 Å². The Hall–Kier alpha value is -0.437. The van der Waals surface area contributed by atoms with Gasteiger partial charge in [-0.3, -0.25) is 0 Å². The minimum Gasteiger partial charge on any atom is -0.550 e. The third-order valence-electron chi connectivity index (χ3n) is 7.47. The molecule has 0 amide bonds. The second-order valence-electron chi connectivity index (χ2n) is 11.4. The molecule has 0 bridgehead atoms. The third-order valence-corrected chi connectivity index (χ3v) is 7.47. The van der Waals surface area contributed by atoms with Crippen LogP contribution in [0.5, 0.6) is 0 Å². The van der Waals surface area contributed by atoms with Crippen molar-refractivity contribution in [3.8, 4) is 0 Å². The maximum atomic E-state index is 10.2. The van der Waals surface area contributed by atoms with Crippen molar-refractivity contribution in [2.24, 2.45) is 0 Å². The standard InChI is InChI=1S/C18H36O2.C16H32O2.Zn/c1-2-3-4-5-6-7-8-9-10-11-12-13-14-15-16-17-18(19)20;1-2-3-4-5-6-7-8-9-10-11-12-13-14-15-16(17)18;/h2-17H2,1H3,(H,19,20);2-15H2,1H3,(H,17,18);/q;;+2/p-2. The molecule has 0 atom stereocenters. The molecule has 228 valence electrons. The number of unbranched alkanes of at least 4 members (excludes halogenated alkanes) is 26. The summed E-state index contributed by atoms with van der Waals surface area (Å²) in [4.78, 5) is 20.4. The van der Waals surface area contributed by atoms with Gasteiger partial charge in [-0.1, -0.05) is 181 Å². The van der Waals surface area contributed by atoms with Gasteiger partial charge in [0.2, 0.25) is 0 Å². The molecule has 0 spiro atoms. The van der Waals surface area contributed by atoms with Crippen molar-refractivity contribution < 1.29 is 39.3 Å². The molecule has 0 rings (SSSR count). The molecular formula is C34H66O4Zn. The number of aliphatic carboxylic acids is 2. The zero-order chi connectivity index (χ0) is 28.4. The first kappa shape index (κ1) is 43.0. The minimum absolute atomic E-state index is 0. The molecule has 39 heavy (non-hydrogen) atoms. The van der Waals surface area contributed by atoms with Gasteiger partial charge in [0.05, 0.1) is 0 Å². The van der Waals surface area contributed by atoms with E-state index < -0.39 is 11.9 Å². The first-order valence-corrected chi connectivity index (χ1v) is 16.9. The Morgan fingerprint density at radius 2 is 0.487 bits per heavy atom. The summed E-state index contributed by atoms with van der Waals surface area (Å²) in [5.74, 6) is -1.81. The largest absolute Gasteiger partial charge is 2.00 e. The Balaban J connectivity index is -0.000000651. The third kappa shape index (κ3) is 47.7. The SMILES string of the molecule is CCCCCCCCCCCCCCCC(=O)[O-].CCCCCCCCCCCCCCCCCC(=O)[O-].[Zn+2]. The maximum Gasteiger partial charge on any atom is 2.00 e. The second kappa shape index (κ2) is 39.7. The van der Waals surface area contributed by atoms with E-state index in [0.717, 1.165) is 25.7 Å². The van der Waals surface area contributed by atoms with E-state index in [4.69, 9.17) is 0 Å². The number of rotatable bonds is 30. The molecule has 0 aromatic heterocycles. The van der Waals surface area contributed by atoms with Gasteiger partial charge in [0.25, 0.3) is 0 Å². The van der Waals surface area contributed by atoms with Crippen LogP contribution in [-0.2, 0) is 29.1 Å². The van der Waals surface area contributed by atoms with Gasteiger partial charge in [0.1, 0.15) is 0 Å². The molecule has 0 aliphatic carbocycles. The summed E-state index contributed by atoms with van der Waals surface area (Å²) < 4.78 is 0. The Morgan fingerprint density at radius 3 is 0.641 bits per heavy atom. The van der Waals surface area contributed by atoms with Crippen LogP contribution in [0.1, 0.15) is 206 Å². The average molecular weight is 604 g/mol. The zero-order valence-electron chi connectivity index (χ0n) is 26.6. The number of hydrogen-bond donors (Lipinski definition) is 0. The summed E-state index contributed by atoms with van der Waals surface area (Å²) >= 11 is 0.